The van der Waals surface area contributed by atoms with Crippen molar-refractivity contribution >= 4 is 31.9 Å². The summed E-state index contributed by atoms with van der Waals surface area (Å²) in [5.74, 6) is -0.746. The number of methoxy groups -OCH3 is 1. The van der Waals surface area contributed by atoms with Crippen LogP contribution in [-0.4, -0.2) is 32.8 Å². The van der Waals surface area contributed by atoms with Crippen LogP contribution in [0.25, 0.3) is 0 Å². The molecule has 27 heavy (non-hydrogen) atoms. The summed E-state index contributed by atoms with van der Waals surface area (Å²) in [5, 5.41) is 0. The maximum absolute atomic E-state index is 13.1. The number of esters is 1. The van der Waals surface area contributed by atoms with E-state index in [-0.39, 0.29) is 16.0 Å². The third kappa shape index (κ3) is 4.69. The summed E-state index contributed by atoms with van der Waals surface area (Å²) in [5.41, 5.74) is -1.10. The van der Waals surface area contributed by atoms with Crippen molar-refractivity contribution in [2.75, 3.05) is 14.2 Å². The molecule has 0 aliphatic carbocycles. The fraction of sp³-hybridized carbons (Fsp3) is 0.235. The standard InChI is InChI=1S/C17H15BrF3NO4S/c1-22(10-11-5-3-4-6-14(11)17(19,20)21)27(24,25)12-7-8-15(18)13(9-12)16(23)26-2/h3-9H,10H2,1-2H3. The molecular formula is C17H15BrF3NO4S. The molecule has 0 atom stereocenters. The van der Waals surface area contributed by atoms with Gasteiger partial charge in [-0.1, -0.05) is 18.2 Å². The predicted molar refractivity (Wildman–Crippen MR) is 95.6 cm³/mol. The quantitative estimate of drug-likeness (QED) is 0.624. The van der Waals surface area contributed by atoms with Gasteiger partial charge in [0.1, 0.15) is 0 Å². The molecule has 0 saturated carbocycles. The van der Waals surface area contributed by atoms with Crippen LogP contribution in [0.15, 0.2) is 51.8 Å². The van der Waals surface area contributed by atoms with Gasteiger partial charge >= 0.3 is 12.1 Å². The van der Waals surface area contributed by atoms with E-state index in [4.69, 9.17) is 0 Å². The highest BCUT2D eigenvalue weighted by Crippen LogP contribution is 2.33. The van der Waals surface area contributed by atoms with E-state index >= 15 is 0 Å². The second-order valence-corrected chi connectivity index (χ2v) is 8.45. The van der Waals surface area contributed by atoms with Gasteiger partial charge in [0, 0.05) is 18.1 Å². The Morgan fingerprint density at radius 3 is 2.41 bits per heavy atom. The highest BCUT2D eigenvalue weighted by Gasteiger charge is 2.34. The average Bonchev–Trinajstić information content (AvgIpc) is 2.60. The molecule has 0 N–H and O–H groups in total. The zero-order chi connectivity index (χ0) is 20.4. The smallest absolute Gasteiger partial charge is 0.416 e. The molecule has 5 nitrogen and oxygen atoms in total. The largest absolute Gasteiger partial charge is 0.465 e. The number of ether oxygens (including phenoxy) is 1. The van der Waals surface area contributed by atoms with Crippen molar-refractivity contribution in [3.63, 3.8) is 0 Å². The number of carbonyl (C=O) groups excluding carboxylic acids is 1. The van der Waals surface area contributed by atoms with E-state index in [0.29, 0.717) is 4.47 Å². The van der Waals surface area contributed by atoms with Gasteiger partial charge in [0.15, 0.2) is 0 Å². The maximum Gasteiger partial charge on any atom is 0.416 e. The Kier molecular flexibility index (Phi) is 6.33. The number of rotatable bonds is 5. The van der Waals surface area contributed by atoms with Gasteiger partial charge in [-0.3, -0.25) is 0 Å². The third-order valence-corrected chi connectivity index (χ3v) is 6.26. The van der Waals surface area contributed by atoms with Gasteiger partial charge in [-0.2, -0.15) is 17.5 Å². The first-order chi connectivity index (χ1) is 12.5. The summed E-state index contributed by atoms with van der Waals surface area (Å²) >= 11 is 3.13. The first-order valence-corrected chi connectivity index (χ1v) is 9.71. The number of hydrogen-bond donors (Lipinski definition) is 0. The molecule has 0 spiro atoms. The lowest BCUT2D eigenvalue weighted by atomic mass is 10.1. The summed E-state index contributed by atoms with van der Waals surface area (Å²) in [6.07, 6.45) is -4.60. The molecule has 10 heteroatoms. The van der Waals surface area contributed by atoms with E-state index in [0.717, 1.165) is 23.5 Å². The van der Waals surface area contributed by atoms with Crippen LogP contribution in [0, 0.1) is 0 Å². The topological polar surface area (TPSA) is 63.7 Å². The maximum atomic E-state index is 13.1. The Balaban J connectivity index is 2.40. The second-order valence-electron chi connectivity index (χ2n) is 5.55. The van der Waals surface area contributed by atoms with Crippen LogP contribution in [0.2, 0.25) is 0 Å². The molecule has 2 aromatic rings. The van der Waals surface area contributed by atoms with Crippen molar-refractivity contribution in [3.05, 3.63) is 63.6 Å². The number of halogens is 4. The molecule has 0 heterocycles. The summed E-state index contributed by atoms with van der Waals surface area (Å²) in [7, 11) is -1.83. The minimum atomic E-state index is -4.60. The molecule has 0 saturated heterocycles. The molecule has 146 valence electrons. The molecule has 0 fully saturated rings. The van der Waals surface area contributed by atoms with E-state index in [1.807, 2.05) is 0 Å². The average molecular weight is 466 g/mol. The highest BCUT2D eigenvalue weighted by molar-refractivity contribution is 9.10. The number of sulfonamides is 1. The third-order valence-electron chi connectivity index (χ3n) is 3.77. The van der Waals surface area contributed by atoms with E-state index < -0.39 is 34.3 Å². The van der Waals surface area contributed by atoms with Crippen LogP contribution in [0.5, 0.6) is 0 Å². The van der Waals surface area contributed by atoms with Crippen molar-refractivity contribution in [2.45, 2.75) is 17.6 Å². The lowest BCUT2D eigenvalue weighted by Gasteiger charge is -2.20. The second kappa shape index (κ2) is 7.99. The number of carbonyl (C=O) groups is 1. The van der Waals surface area contributed by atoms with E-state index in [1.165, 1.54) is 37.4 Å². The lowest BCUT2D eigenvalue weighted by molar-refractivity contribution is -0.138. The van der Waals surface area contributed by atoms with E-state index in [9.17, 15) is 26.4 Å². The van der Waals surface area contributed by atoms with Crippen LogP contribution < -0.4 is 0 Å². The minimum absolute atomic E-state index is 0.0114. The lowest BCUT2D eigenvalue weighted by Crippen LogP contribution is -2.28. The fourth-order valence-corrected chi connectivity index (χ4v) is 3.95. The van der Waals surface area contributed by atoms with Crippen LogP contribution in [0.3, 0.4) is 0 Å². The van der Waals surface area contributed by atoms with Gasteiger partial charge < -0.3 is 4.74 Å². The summed E-state index contributed by atoms with van der Waals surface area (Å²) < 4.78 is 70.6. The molecule has 2 aromatic carbocycles. The van der Waals surface area contributed by atoms with Crippen molar-refractivity contribution in [2.24, 2.45) is 0 Å². The van der Waals surface area contributed by atoms with Crippen molar-refractivity contribution < 1.29 is 31.1 Å². The van der Waals surface area contributed by atoms with Crippen LogP contribution in [0.1, 0.15) is 21.5 Å². The molecule has 2 rings (SSSR count). The Hall–Kier alpha value is -1.91. The Morgan fingerprint density at radius 2 is 1.81 bits per heavy atom. The highest BCUT2D eigenvalue weighted by atomic mass is 79.9. The minimum Gasteiger partial charge on any atom is -0.465 e. The van der Waals surface area contributed by atoms with Gasteiger partial charge in [0.25, 0.3) is 0 Å². The Morgan fingerprint density at radius 1 is 1.19 bits per heavy atom. The summed E-state index contributed by atoms with van der Waals surface area (Å²) in [4.78, 5) is 11.5. The Bertz CT molecular complexity index is 961. The molecule has 0 aliphatic rings. The SMILES string of the molecule is COC(=O)c1cc(S(=O)(=O)N(C)Cc2ccccc2C(F)(F)F)ccc1Br. The monoisotopic (exact) mass is 465 g/mol. The van der Waals surface area contributed by atoms with Crippen molar-refractivity contribution in [3.8, 4) is 0 Å². The molecular weight excluding hydrogens is 451 g/mol. The molecule has 0 aliphatic heterocycles. The number of nitrogens with zero attached hydrogens (tertiary/aromatic N) is 1. The number of alkyl halides is 3. The predicted octanol–water partition coefficient (Wildman–Crippen LogP) is 4.08. The van der Waals surface area contributed by atoms with E-state index in [1.54, 1.807) is 0 Å². The van der Waals surface area contributed by atoms with E-state index in [2.05, 4.69) is 20.7 Å². The first-order valence-electron chi connectivity index (χ1n) is 7.47. The molecule has 0 amide bonds. The van der Waals surface area contributed by atoms with Crippen LogP contribution >= 0.6 is 15.9 Å². The zero-order valence-electron chi connectivity index (χ0n) is 14.2. The summed E-state index contributed by atoms with van der Waals surface area (Å²) in [6, 6.07) is 8.46. The summed E-state index contributed by atoms with van der Waals surface area (Å²) in [6.45, 7) is -0.484. The van der Waals surface area contributed by atoms with Crippen LogP contribution in [0.4, 0.5) is 13.2 Å². The van der Waals surface area contributed by atoms with Crippen LogP contribution in [-0.2, 0) is 27.5 Å². The van der Waals surface area contributed by atoms with Gasteiger partial charge in [-0.25, -0.2) is 13.2 Å². The Labute approximate surface area is 162 Å². The van der Waals surface area contributed by atoms with Gasteiger partial charge in [-0.05, 0) is 45.8 Å². The number of hydrogen-bond acceptors (Lipinski definition) is 4. The van der Waals surface area contributed by atoms with Crippen molar-refractivity contribution in [1.82, 2.24) is 4.31 Å². The normalized spacial score (nSPS) is 12.3. The van der Waals surface area contributed by atoms with Gasteiger partial charge in [-0.15, -0.1) is 0 Å². The molecule has 0 unspecified atom stereocenters. The number of benzene rings is 2. The van der Waals surface area contributed by atoms with Gasteiger partial charge in [0.05, 0.1) is 23.1 Å². The molecule has 0 bridgehead atoms. The molecule has 0 aromatic heterocycles. The van der Waals surface area contributed by atoms with Gasteiger partial charge in [0.2, 0.25) is 10.0 Å². The first kappa shape index (κ1) is 21.4. The zero-order valence-corrected chi connectivity index (χ0v) is 16.7. The fourth-order valence-electron chi connectivity index (χ4n) is 2.37. The van der Waals surface area contributed by atoms with Crippen molar-refractivity contribution in [1.29, 1.82) is 0 Å². The molecule has 0 radical (unpaired) electrons.